The van der Waals surface area contributed by atoms with Crippen molar-refractivity contribution in [2.75, 3.05) is 13.7 Å². The highest BCUT2D eigenvalue weighted by molar-refractivity contribution is 4.91. The molecule has 0 aromatic rings. The van der Waals surface area contributed by atoms with Crippen molar-refractivity contribution in [2.45, 2.75) is 71.5 Å². The van der Waals surface area contributed by atoms with Crippen LogP contribution in [0.5, 0.6) is 0 Å². The van der Waals surface area contributed by atoms with Gasteiger partial charge in [-0.1, -0.05) is 27.7 Å². The Hall–Kier alpha value is -0.120. The van der Waals surface area contributed by atoms with Crippen molar-refractivity contribution in [3.8, 4) is 0 Å². The first-order valence-corrected chi connectivity index (χ1v) is 7.35. The number of nitrogens with two attached hydrogens (primary N) is 1. The van der Waals surface area contributed by atoms with E-state index in [1.807, 2.05) is 0 Å². The van der Waals surface area contributed by atoms with Crippen LogP contribution in [0.3, 0.4) is 0 Å². The fraction of sp³-hybridized carbons (Fsp3) is 1.00. The summed E-state index contributed by atoms with van der Waals surface area (Å²) in [5, 5.41) is 9.69. The maximum Gasteiger partial charge on any atom is 0.0602 e. The van der Waals surface area contributed by atoms with E-state index in [-0.39, 0.29) is 24.1 Å². The Balaban J connectivity index is 2.64. The summed E-state index contributed by atoms with van der Waals surface area (Å²) in [5.74, 6) is 0.860. The van der Waals surface area contributed by atoms with Gasteiger partial charge in [0, 0.05) is 18.1 Å². The number of aliphatic hydroxyl groups is 1. The summed E-state index contributed by atoms with van der Waals surface area (Å²) >= 11 is 0. The highest BCUT2D eigenvalue weighted by Crippen LogP contribution is 2.30. The number of rotatable bonds is 4. The van der Waals surface area contributed by atoms with Gasteiger partial charge in [-0.2, -0.15) is 0 Å². The molecular weight excluding hydrogens is 224 g/mol. The predicted molar refractivity (Wildman–Crippen MR) is 77.5 cm³/mol. The molecule has 1 fully saturated rings. The third-order valence-electron chi connectivity index (χ3n) is 4.69. The summed E-state index contributed by atoms with van der Waals surface area (Å²) in [6.07, 6.45) is 5.09. The monoisotopic (exact) mass is 256 g/mol. The van der Waals surface area contributed by atoms with E-state index in [2.05, 4.69) is 39.6 Å². The van der Waals surface area contributed by atoms with Gasteiger partial charge in [0.2, 0.25) is 0 Å². The van der Waals surface area contributed by atoms with Gasteiger partial charge in [-0.15, -0.1) is 0 Å². The Morgan fingerprint density at radius 3 is 2.11 bits per heavy atom. The first-order valence-electron chi connectivity index (χ1n) is 7.35. The summed E-state index contributed by atoms with van der Waals surface area (Å²) < 4.78 is 0. The van der Waals surface area contributed by atoms with Gasteiger partial charge in [-0.25, -0.2) is 0 Å². The Labute approximate surface area is 113 Å². The van der Waals surface area contributed by atoms with E-state index in [1.165, 1.54) is 25.7 Å². The second kappa shape index (κ2) is 6.36. The van der Waals surface area contributed by atoms with Crippen molar-refractivity contribution in [2.24, 2.45) is 17.1 Å². The average molecular weight is 256 g/mol. The normalized spacial score (nSPS) is 29.3. The van der Waals surface area contributed by atoms with Crippen molar-refractivity contribution >= 4 is 0 Å². The molecule has 1 aliphatic rings. The quantitative estimate of drug-likeness (QED) is 0.811. The molecule has 0 spiro atoms. The average Bonchev–Trinajstić information content (AvgIpc) is 2.29. The van der Waals surface area contributed by atoms with Crippen LogP contribution in [0.1, 0.15) is 53.4 Å². The van der Waals surface area contributed by atoms with Gasteiger partial charge < -0.3 is 10.8 Å². The number of hydrogen-bond acceptors (Lipinski definition) is 3. The molecule has 108 valence electrons. The van der Waals surface area contributed by atoms with Crippen molar-refractivity contribution in [3.63, 3.8) is 0 Å². The molecule has 2 atom stereocenters. The zero-order valence-corrected chi connectivity index (χ0v) is 12.8. The number of nitrogens with zero attached hydrogens (tertiary/aromatic N) is 1. The van der Waals surface area contributed by atoms with Crippen molar-refractivity contribution in [1.29, 1.82) is 0 Å². The van der Waals surface area contributed by atoms with Crippen LogP contribution in [0.15, 0.2) is 0 Å². The lowest BCUT2D eigenvalue weighted by atomic mass is 9.80. The van der Waals surface area contributed by atoms with Crippen LogP contribution < -0.4 is 5.73 Å². The molecule has 1 rings (SSSR count). The summed E-state index contributed by atoms with van der Waals surface area (Å²) in [6.45, 7) is 8.94. The third kappa shape index (κ3) is 3.94. The van der Waals surface area contributed by atoms with E-state index in [1.54, 1.807) is 0 Å². The second-order valence-corrected chi connectivity index (χ2v) is 7.22. The van der Waals surface area contributed by atoms with E-state index in [9.17, 15) is 5.11 Å². The first-order chi connectivity index (χ1) is 8.27. The molecule has 3 heteroatoms. The molecule has 0 heterocycles. The number of aliphatic hydroxyl groups excluding tert-OH is 1. The van der Waals surface area contributed by atoms with Gasteiger partial charge in [0.25, 0.3) is 0 Å². The third-order valence-corrected chi connectivity index (χ3v) is 4.69. The van der Waals surface area contributed by atoms with Gasteiger partial charge in [0.1, 0.15) is 0 Å². The molecule has 3 nitrogen and oxygen atoms in total. The van der Waals surface area contributed by atoms with Crippen LogP contribution in [0.4, 0.5) is 0 Å². The molecule has 0 aromatic carbocycles. The molecule has 0 saturated heterocycles. The molecule has 0 bridgehead atoms. The minimum absolute atomic E-state index is 0.00634. The van der Waals surface area contributed by atoms with Crippen LogP contribution in [0.2, 0.25) is 0 Å². The van der Waals surface area contributed by atoms with Crippen molar-refractivity contribution in [1.82, 2.24) is 4.90 Å². The highest BCUT2D eigenvalue weighted by Gasteiger charge is 2.34. The SMILES string of the molecule is CC1CCC(N(C)C(CO)C(N)C(C)(C)C)CC1. The van der Waals surface area contributed by atoms with Gasteiger partial charge in [0.15, 0.2) is 0 Å². The topological polar surface area (TPSA) is 49.5 Å². The molecule has 3 N–H and O–H groups in total. The second-order valence-electron chi connectivity index (χ2n) is 7.22. The maximum absolute atomic E-state index is 9.69. The lowest BCUT2D eigenvalue weighted by molar-refractivity contribution is 0.0430. The Kier molecular flexibility index (Phi) is 5.63. The Morgan fingerprint density at radius 2 is 1.72 bits per heavy atom. The highest BCUT2D eigenvalue weighted by atomic mass is 16.3. The van der Waals surface area contributed by atoms with E-state index in [0.29, 0.717) is 6.04 Å². The molecule has 0 aromatic heterocycles. The number of likely N-dealkylation sites (N-methyl/N-ethyl adjacent to an activating group) is 1. The fourth-order valence-electron chi connectivity index (χ4n) is 2.99. The number of hydrogen-bond donors (Lipinski definition) is 2. The Morgan fingerprint density at radius 1 is 1.22 bits per heavy atom. The summed E-state index contributed by atoms with van der Waals surface area (Å²) in [7, 11) is 2.13. The molecule has 0 radical (unpaired) electrons. The largest absolute Gasteiger partial charge is 0.395 e. The summed E-state index contributed by atoms with van der Waals surface area (Å²) in [6, 6.07) is 0.669. The molecule has 1 saturated carbocycles. The van der Waals surface area contributed by atoms with Crippen molar-refractivity contribution in [3.05, 3.63) is 0 Å². The maximum atomic E-state index is 9.69. The zero-order chi connectivity index (χ0) is 13.9. The van der Waals surface area contributed by atoms with Gasteiger partial charge in [-0.05, 0) is 44.1 Å². The van der Waals surface area contributed by atoms with Crippen LogP contribution in [0, 0.1) is 11.3 Å². The zero-order valence-electron chi connectivity index (χ0n) is 12.8. The summed E-state index contributed by atoms with van der Waals surface area (Å²) in [5.41, 5.74) is 6.37. The molecule has 2 unspecified atom stereocenters. The summed E-state index contributed by atoms with van der Waals surface area (Å²) in [4.78, 5) is 2.34. The van der Waals surface area contributed by atoms with Crippen LogP contribution in [-0.2, 0) is 0 Å². The van der Waals surface area contributed by atoms with Crippen molar-refractivity contribution < 1.29 is 5.11 Å². The molecular formula is C15H32N2O. The lowest BCUT2D eigenvalue weighted by Crippen LogP contribution is -2.57. The van der Waals surface area contributed by atoms with E-state index < -0.39 is 0 Å². The van der Waals surface area contributed by atoms with E-state index in [4.69, 9.17) is 5.73 Å². The van der Waals surface area contributed by atoms with Crippen LogP contribution in [-0.4, -0.2) is 41.8 Å². The molecule has 0 amide bonds. The standard InChI is InChI=1S/C15H32N2O/c1-11-6-8-12(9-7-11)17(5)13(10-18)14(16)15(2,3)4/h11-14,18H,6-10,16H2,1-5H3. The lowest BCUT2D eigenvalue weighted by Gasteiger charge is -2.43. The smallest absolute Gasteiger partial charge is 0.0602 e. The van der Waals surface area contributed by atoms with Gasteiger partial charge in [0.05, 0.1) is 6.61 Å². The van der Waals surface area contributed by atoms with Crippen LogP contribution >= 0.6 is 0 Å². The van der Waals surface area contributed by atoms with Gasteiger partial charge in [-0.3, -0.25) is 4.90 Å². The minimum atomic E-state index is 0.00634. The fourth-order valence-corrected chi connectivity index (χ4v) is 2.99. The molecule has 0 aliphatic heterocycles. The first kappa shape index (κ1) is 15.9. The minimum Gasteiger partial charge on any atom is -0.395 e. The predicted octanol–water partition coefficient (Wildman–Crippen LogP) is 2.23. The van der Waals surface area contributed by atoms with Gasteiger partial charge >= 0.3 is 0 Å². The molecule has 18 heavy (non-hydrogen) atoms. The Bertz CT molecular complexity index is 241. The van der Waals surface area contributed by atoms with E-state index >= 15 is 0 Å². The van der Waals surface area contributed by atoms with Crippen LogP contribution in [0.25, 0.3) is 0 Å². The van der Waals surface area contributed by atoms with E-state index in [0.717, 1.165) is 5.92 Å². The molecule has 1 aliphatic carbocycles.